The predicted molar refractivity (Wildman–Crippen MR) is 32.3 cm³/mol. The minimum atomic E-state index is -0.122. The third-order valence-electron chi connectivity index (χ3n) is 0.803. The van der Waals surface area contributed by atoms with Crippen molar-refractivity contribution >= 4 is 18.6 Å². The van der Waals surface area contributed by atoms with Gasteiger partial charge in [0.15, 0.2) is 0 Å². The molecule has 0 aliphatic rings. The molecule has 0 heterocycles. The molecule has 0 saturated carbocycles. The molecule has 0 aromatic carbocycles. The molecule has 1 N–H and O–H groups in total. The van der Waals surface area contributed by atoms with Crippen molar-refractivity contribution in [2.24, 2.45) is 0 Å². The van der Waals surface area contributed by atoms with Gasteiger partial charge in [-0.3, -0.25) is 9.52 Å². The first-order valence-electron chi connectivity index (χ1n) is 2.08. The van der Waals surface area contributed by atoms with Gasteiger partial charge < -0.3 is 0 Å². The van der Waals surface area contributed by atoms with Gasteiger partial charge in [-0.1, -0.05) is 12.8 Å². The van der Waals surface area contributed by atoms with Crippen LogP contribution in [0.5, 0.6) is 0 Å². The van der Waals surface area contributed by atoms with Crippen LogP contribution in [0.3, 0.4) is 0 Å². The number of carbonyl (C=O) groups is 1. The summed E-state index contributed by atoms with van der Waals surface area (Å²) in [5, 5.41) is 0. The van der Waals surface area contributed by atoms with Crippen molar-refractivity contribution < 1.29 is 4.79 Å². The summed E-state index contributed by atoms with van der Waals surface area (Å²) in [4.78, 5) is 10.3. The van der Waals surface area contributed by atoms with Gasteiger partial charge in [-0.2, -0.15) is 0 Å². The van der Waals surface area contributed by atoms with Crippen LogP contribution in [0.25, 0.3) is 0 Å². The van der Waals surface area contributed by atoms with Gasteiger partial charge in [0.1, 0.15) is 5.78 Å². The van der Waals surface area contributed by atoms with Crippen LogP contribution in [0.15, 0.2) is 0 Å². The van der Waals surface area contributed by atoms with Crippen LogP contribution in [-0.4, -0.2) is 11.8 Å². The van der Waals surface area contributed by atoms with Gasteiger partial charge in [0, 0.05) is 0 Å². The lowest BCUT2D eigenvalue weighted by Gasteiger charge is -2.00. The van der Waals surface area contributed by atoms with Crippen LogP contribution >= 0.6 is 12.8 Å². The molecule has 0 aromatic heterocycles. The lowest BCUT2D eigenvalue weighted by Crippen LogP contribution is -2.24. The number of hydrogen-bond donors (Lipinski definition) is 2. The fraction of sp³-hybridized carbons (Fsp3) is 0.750. The van der Waals surface area contributed by atoms with Crippen molar-refractivity contribution in [1.82, 2.24) is 4.72 Å². The summed E-state index contributed by atoms with van der Waals surface area (Å²) >= 11 is 3.68. The number of hydrogen-bond acceptors (Lipinski definition) is 3. The second kappa shape index (κ2) is 3.04. The van der Waals surface area contributed by atoms with Crippen LogP contribution in [0.2, 0.25) is 0 Å². The Hall–Kier alpha value is -0.0200. The number of thiol groups is 1. The van der Waals surface area contributed by atoms with Gasteiger partial charge in [0.05, 0.1) is 6.04 Å². The second-order valence-electron chi connectivity index (χ2n) is 1.46. The highest BCUT2D eigenvalue weighted by Crippen LogP contribution is 1.81. The molecule has 0 saturated heterocycles. The highest BCUT2D eigenvalue weighted by molar-refractivity contribution is 7.78. The Bertz CT molecular complexity index is 74.1. The molecule has 0 rings (SSSR count). The summed E-state index contributed by atoms with van der Waals surface area (Å²) in [6.45, 7) is 3.28. The number of ketones is 1. The Kier molecular flexibility index (Phi) is 3.04. The zero-order valence-electron chi connectivity index (χ0n) is 4.43. The Morgan fingerprint density at radius 1 is 1.86 bits per heavy atom. The van der Waals surface area contributed by atoms with Crippen molar-refractivity contribution in [2.75, 3.05) is 0 Å². The molecule has 0 fully saturated rings. The monoisotopic (exact) mass is 119 g/mol. The zero-order chi connectivity index (χ0) is 5.86. The van der Waals surface area contributed by atoms with E-state index < -0.39 is 0 Å². The molecule has 1 unspecified atom stereocenters. The van der Waals surface area contributed by atoms with Crippen LogP contribution in [0, 0.1) is 0 Å². The van der Waals surface area contributed by atoms with Gasteiger partial charge in [-0.15, -0.1) is 0 Å². The van der Waals surface area contributed by atoms with Gasteiger partial charge in [0.25, 0.3) is 0 Å². The van der Waals surface area contributed by atoms with E-state index in [4.69, 9.17) is 0 Å². The molecule has 2 nitrogen and oxygen atoms in total. The molecule has 0 spiro atoms. The molecule has 0 bridgehead atoms. The average Bonchev–Trinajstić information content (AvgIpc) is 1.65. The Labute approximate surface area is 48.8 Å². The van der Waals surface area contributed by atoms with E-state index in [-0.39, 0.29) is 11.8 Å². The summed E-state index contributed by atoms with van der Waals surface area (Å²) in [5.41, 5.74) is 0. The van der Waals surface area contributed by atoms with Gasteiger partial charge in [0.2, 0.25) is 0 Å². The summed E-state index contributed by atoms with van der Waals surface area (Å²) < 4.78 is 2.51. The lowest BCUT2D eigenvalue weighted by molar-refractivity contribution is -0.118. The summed E-state index contributed by atoms with van der Waals surface area (Å²) in [6.07, 6.45) is 0. The normalized spacial score (nSPS) is 13.6. The van der Waals surface area contributed by atoms with Crippen LogP contribution in [-0.2, 0) is 4.79 Å². The molecular formula is C4H9NOS. The van der Waals surface area contributed by atoms with Crippen molar-refractivity contribution in [3.63, 3.8) is 0 Å². The molecule has 3 heteroatoms. The quantitative estimate of drug-likeness (QED) is 0.515. The smallest absolute Gasteiger partial charge is 0.147 e. The first kappa shape index (κ1) is 6.98. The number of Topliss-reactive ketones (excluding diaryl/α,β-unsaturated/α-hetero) is 1. The van der Waals surface area contributed by atoms with Gasteiger partial charge in [-0.25, -0.2) is 0 Å². The van der Waals surface area contributed by atoms with Crippen molar-refractivity contribution in [2.45, 2.75) is 19.9 Å². The molecule has 0 radical (unpaired) electrons. The van der Waals surface area contributed by atoms with Crippen LogP contribution in [0.1, 0.15) is 13.8 Å². The summed E-state index contributed by atoms with van der Waals surface area (Å²) in [5.74, 6) is 0.106. The van der Waals surface area contributed by atoms with Gasteiger partial charge >= 0.3 is 0 Å². The Morgan fingerprint density at radius 3 is 2.29 bits per heavy atom. The molecule has 7 heavy (non-hydrogen) atoms. The van der Waals surface area contributed by atoms with Crippen molar-refractivity contribution in [3.8, 4) is 0 Å². The SMILES string of the molecule is CC(=O)C(C)NS. The maximum Gasteiger partial charge on any atom is 0.147 e. The van der Waals surface area contributed by atoms with E-state index in [1.807, 2.05) is 0 Å². The number of rotatable bonds is 2. The molecule has 1 atom stereocenters. The molecule has 0 aliphatic heterocycles. The van der Waals surface area contributed by atoms with E-state index in [2.05, 4.69) is 17.5 Å². The van der Waals surface area contributed by atoms with Crippen molar-refractivity contribution in [1.29, 1.82) is 0 Å². The number of nitrogens with one attached hydrogen (secondary N) is 1. The minimum absolute atomic E-state index is 0.106. The van der Waals surface area contributed by atoms with E-state index in [1.54, 1.807) is 6.92 Å². The fourth-order valence-electron chi connectivity index (χ4n) is 0.0909. The maximum atomic E-state index is 10.3. The van der Waals surface area contributed by atoms with Crippen LogP contribution < -0.4 is 4.72 Å². The highest BCUT2D eigenvalue weighted by Gasteiger charge is 2.00. The van der Waals surface area contributed by atoms with E-state index >= 15 is 0 Å². The summed E-state index contributed by atoms with van der Waals surface area (Å²) in [6, 6.07) is -0.122. The zero-order valence-corrected chi connectivity index (χ0v) is 5.33. The first-order valence-corrected chi connectivity index (χ1v) is 2.53. The summed E-state index contributed by atoms with van der Waals surface area (Å²) in [7, 11) is 0. The second-order valence-corrected chi connectivity index (χ2v) is 1.72. The standard InChI is InChI=1S/C4H9NOS/c1-3(5-7)4(2)6/h3,5,7H,1-2H3. The van der Waals surface area contributed by atoms with Gasteiger partial charge in [-0.05, 0) is 13.8 Å². The predicted octanol–water partition coefficient (Wildman–Crippen LogP) is 0.398. The van der Waals surface area contributed by atoms with Crippen molar-refractivity contribution in [3.05, 3.63) is 0 Å². The molecule has 42 valence electrons. The minimum Gasteiger partial charge on any atom is -0.298 e. The topological polar surface area (TPSA) is 29.1 Å². The maximum absolute atomic E-state index is 10.3. The van der Waals surface area contributed by atoms with E-state index in [9.17, 15) is 4.79 Å². The lowest BCUT2D eigenvalue weighted by atomic mass is 10.3. The average molecular weight is 119 g/mol. The highest BCUT2D eigenvalue weighted by atomic mass is 32.1. The molecule has 0 amide bonds. The van der Waals surface area contributed by atoms with E-state index in [0.29, 0.717) is 0 Å². The van der Waals surface area contributed by atoms with Crippen LogP contribution in [0.4, 0.5) is 0 Å². The van der Waals surface area contributed by atoms with E-state index in [1.165, 1.54) is 6.92 Å². The third kappa shape index (κ3) is 2.65. The number of carbonyl (C=O) groups excluding carboxylic acids is 1. The first-order chi connectivity index (χ1) is 3.18. The molecule has 0 aliphatic carbocycles. The fourth-order valence-corrected chi connectivity index (χ4v) is 0.273. The van der Waals surface area contributed by atoms with E-state index in [0.717, 1.165) is 0 Å². The molecular weight excluding hydrogens is 110 g/mol. The Morgan fingerprint density at radius 2 is 2.29 bits per heavy atom. The Balaban J connectivity index is 3.34. The third-order valence-corrected chi connectivity index (χ3v) is 1.19. The molecule has 0 aromatic rings. The largest absolute Gasteiger partial charge is 0.298 e.